The van der Waals surface area contributed by atoms with Gasteiger partial charge in [-0.25, -0.2) is 4.98 Å². The third-order valence-corrected chi connectivity index (χ3v) is 8.09. The molecule has 4 aliphatic carbocycles. The minimum absolute atomic E-state index is 0.128. The highest BCUT2D eigenvalue weighted by Gasteiger charge is 2.56. The van der Waals surface area contributed by atoms with E-state index in [1.165, 1.54) is 18.4 Å². The molecule has 4 bridgehead atoms. The largest absolute Gasteiger partial charge is 0.434 e. The molecule has 0 spiro atoms. The molecule has 4 saturated carbocycles. The number of pyridine rings is 1. The van der Waals surface area contributed by atoms with Crippen LogP contribution in [-0.2, 0) is 4.65 Å². The minimum atomic E-state index is -0.441. The molecule has 0 aromatic carbocycles. The van der Waals surface area contributed by atoms with Gasteiger partial charge in [-0.3, -0.25) is 0 Å². The van der Waals surface area contributed by atoms with Gasteiger partial charge in [0.1, 0.15) is 5.65 Å². The predicted molar refractivity (Wildman–Crippen MR) is 119 cm³/mol. The third-order valence-electron chi connectivity index (χ3n) is 8.09. The fourth-order valence-corrected chi connectivity index (χ4v) is 6.96. The van der Waals surface area contributed by atoms with Crippen LogP contribution in [0.3, 0.4) is 0 Å². The van der Waals surface area contributed by atoms with E-state index >= 15 is 0 Å². The van der Waals surface area contributed by atoms with Gasteiger partial charge < -0.3 is 20.2 Å². The Labute approximate surface area is 178 Å². The molecule has 4 fully saturated rings. The Balaban J connectivity index is 1.52. The first-order valence-electron chi connectivity index (χ1n) is 11.5. The summed E-state index contributed by atoms with van der Waals surface area (Å²) in [5.74, 6) is 2.07. The van der Waals surface area contributed by atoms with Gasteiger partial charge >= 0.3 is 7.48 Å². The van der Waals surface area contributed by atoms with E-state index in [1.54, 1.807) is 0 Å². The number of nitrogens with zero attached hydrogens (tertiary/aromatic N) is 2. The number of aliphatic hydroxyl groups is 1. The summed E-state index contributed by atoms with van der Waals surface area (Å²) in [4.78, 5) is 7.92. The summed E-state index contributed by atoms with van der Waals surface area (Å²) >= 11 is 0. The molecule has 3 heterocycles. The zero-order valence-electron chi connectivity index (χ0n) is 17.9. The lowest BCUT2D eigenvalue weighted by Gasteiger charge is -2.58. The Hall–Kier alpha value is -1.86. The second-order valence-electron chi connectivity index (χ2n) is 10.9. The zero-order chi connectivity index (χ0) is 20.5. The van der Waals surface area contributed by atoms with Crippen molar-refractivity contribution >= 4 is 29.7 Å². The molecule has 2 atom stereocenters. The number of rotatable bonds is 1. The van der Waals surface area contributed by atoms with E-state index in [4.69, 9.17) is 9.76 Å². The topological polar surface area (TPSA) is 82.5 Å². The van der Waals surface area contributed by atoms with Crippen LogP contribution in [0.2, 0.25) is 0 Å². The average molecular weight is 406 g/mol. The van der Waals surface area contributed by atoms with Gasteiger partial charge in [0.25, 0.3) is 0 Å². The lowest BCUT2D eigenvalue weighted by Crippen LogP contribution is -2.57. The number of aromatic nitrogens is 2. The molecule has 30 heavy (non-hydrogen) atoms. The molecule has 1 aliphatic heterocycles. The summed E-state index contributed by atoms with van der Waals surface area (Å²) in [5, 5.41) is 17.4. The number of H-pyrrole nitrogens is 1. The number of aromatic amines is 1. The molecular weight excluding hydrogens is 375 g/mol. The van der Waals surface area contributed by atoms with E-state index in [0.29, 0.717) is 37.8 Å². The van der Waals surface area contributed by atoms with E-state index in [-0.39, 0.29) is 5.54 Å². The normalized spacial score (nSPS) is 39.0. The Morgan fingerprint density at radius 2 is 2.00 bits per heavy atom. The Morgan fingerprint density at radius 3 is 2.77 bits per heavy atom. The third kappa shape index (κ3) is 3.01. The zero-order valence-corrected chi connectivity index (χ0v) is 17.9. The molecule has 7 rings (SSSR count). The van der Waals surface area contributed by atoms with Crippen molar-refractivity contribution in [1.29, 1.82) is 0 Å². The van der Waals surface area contributed by atoms with Crippen LogP contribution in [0.5, 0.6) is 0 Å². The van der Waals surface area contributed by atoms with Crippen LogP contribution in [-0.4, -0.2) is 46.0 Å². The summed E-state index contributed by atoms with van der Waals surface area (Å²) in [6.07, 6.45) is 10.1. The SMILES string of the molecule is CC1(C)CCOBc2cnc3[nH]ccc3c2/C(C2C3CC4CC2CC(O)(C4)C3)=N\N1. The van der Waals surface area contributed by atoms with Gasteiger partial charge in [-0.2, -0.15) is 5.10 Å². The van der Waals surface area contributed by atoms with E-state index < -0.39 is 5.60 Å². The number of fused-ring (bicyclic) bond motifs is 3. The maximum Gasteiger partial charge on any atom is 0.310 e. The number of hydrazone groups is 1. The van der Waals surface area contributed by atoms with Gasteiger partial charge in [-0.15, -0.1) is 0 Å². The van der Waals surface area contributed by atoms with Gasteiger partial charge in [0, 0.05) is 35.9 Å². The van der Waals surface area contributed by atoms with Crippen LogP contribution in [0.1, 0.15) is 57.9 Å². The van der Waals surface area contributed by atoms with E-state index in [1.807, 2.05) is 12.4 Å². The lowest BCUT2D eigenvalue weighted by molar-refractivity contribution is -0.138. The maximum atomic E-state index is 11.1. The number of hydrogen-bond acceptors (Lipinski definition) is 5. The van der Waals surface area contributed by atoms with Crippen LogP contribution < -0.4 is 10.9 Å². The lowest BCUT2D eigenvalue weighted by atomic mass is 9.49. The van der Waals surface area contributed by atoms with Crippen LogP contribution in [0.4, 0.5) is 0 Å². The van der Waals surface area contributed by atoms with E-state index in [2.05, 4.69) is 35.3 Å². The molecular formula is C23H31BN4O2. The molecule has 6 nitrogen and oxygen atoms in total. The molecule has 3 N–H and O–H groups in total. The smallest absolute Gasteiger partial charge is 0.310 e. The fourth-order valence-electron chi connectivity index (χ4n) is 6.96. The molecule has 0 saturated heterocycles. The van der Waals surface area contributed by atoms with Crippen molar-refractivity contribution in [2.45, 2.75) is 63.5 Å². The van der Waals surface area contributed by atoms with Crippen molar-refractivity contribution in [3.05, 3.63) is 24.0 Å². The first kappa shape index (κ1) is 18.9. The van der Waals surface area contributed by atoms with Crippen molar-refractivity contribution in [3.63, 3.8) is 0 Å². The van der Waals surface area contributed by atoms with Crippen LogP contribution in [0.15, 0.2) is 23.6 Å². The highest BCUT2D eigenvalue weighted by atomic mass is 16.4. The standard InChI is InChI=1S/C23H31BN4O2/c1-22(2)4-6-30-24-17-12-26-21-16(3-5-25-21)19(17)20(27-28-22)18-14-7-13-8-15(18)11-23(29,9-13)10-14/h3,5,12-15,18,24,28-29H,4,6-11H2,1-2H3,(H,25,26)/b27-20-. The van der Waals surface area contributed by atoms with Gasteiger partial charge in [0.05, 0.1) is 16.9 Å². The first-order valence-corrected chi connectivity index (χ1v) is 11.5. The molecule has 5 aliphatic rings. The summed E-state index contributed by atoms with van der Waals surface area (Å²) < 4.78 is 6.08. The van der Waals surface area contributed by atoms with Gasteiger partial charge in [0.2, 0.25) is 0 Å². The minimum Gasteiger partial charge on any atom is -0.434 e. The Morgan fingerprint density at radius 1 is 1.20 bits per heavy atom. The molecule has 7 heteroatoms. The van der Waals surface area contributed by atoms with Crippen molar-refractivity contribution in [2.24, 2.45) is 28.8 Å². The van der Waals surface area contributed by atoms with Crippen LogP contribution in [0.25, 0.3) is 11.0 Å². The molecule has 2 aromatic heterocycles. The first-order chi connectivity index (χ1) is 14.4. The molecule has 0 amide bonds. The van der Waals surface area contributed by atoms with E-state index in [0.717, 1.165) is 47.9 Å². The molecule has 158 valence electrons. The molecule has 0 radical (unpaired) electrons. The summed E-state index contributed by atoms with van der Waals surface area (Å²) in [5.41, 5.74) is 7.32. The second-order valence-corrected chi connectivity index (χ2v) is 10.9. The van der Waals surface area contributed by atoms with Crippen molar-refractivity contribution < 1.29 is 9.76 Å². The maximum absolute atomic E-state index is 11.1. The summed E-state index contributed by atoms with van der Waals surface area (Å²) in [6, 6.07) is 2.12. The summed E-state index contributed by atoms with van der Waals surface area (Å²) in [7, 11) is 0.563. The van der Waals surface area contributed by atoms with Gasteiger partial charge in [0.15, 0.2) is 0 Å². The van der Waals surface area contributed by atoms with Crippen LogP contribution in [0, 0.1) is 23.7 Å². The quantitative estimate of drug-likeness (QED) is 0.635. The monoisotopic (exact) mass is 406 g/mol. The number of nitrogens with one attached hydrogen (secondary N) is 2. The Bertz CT molecular complexity index is 1000. The van der Waals surface area contributed by atoms with Gasteiger partial charge in [-0.1, -0.05) is 0 Å². The average Bonchev–Trinajstić information content (AvgIpc) is 3.14. The Kier molecular flexibility index (Phi) is 4.13. The summed E-state index contributed by atoms with van der Waals surface area (Å²) in [6.45, 7) is 5.08. The highest BCUT2D eigenvalue weighted by Crippen LogP contribution is 2.59. The fraction of sp³-hybridized carbons (Fsp3) is 0.652. The number of hydrogen-bond donors (Lipinski definition) is 3. The second kappa shape index (κ2) is 6.57. The van der Waals surface area contributed by atoms with Crippen molar-refractivity contribution in [2.75, 3.05) is 6.61 Å². The molecule has 2 aromatic rings. The van der Waals surface area contributed by atoms with Crippen LogP contribution >= 0.6 is 0 Å². The molecule has 2 unspecified atom stereocenters. The van der Waals surface area contributed by atoms with Gasteiger partial charge in [-0.05, 0) is 81.7 Å². The highest BCUT2D eigenvalue weighted by molar-refractivity contribution is 6.50. The van der Waals surface area contributed by atoms with E-state index in [9.17, 15) is 5.11 Å². The predicted octanol–water partition coefficient (Wildman–Crippen LogP) is 2.22. The van der Waals surface area contributed by atoms with Crippen molar-refractivity contribution in [3.8, 4) is 0 Å². The van der Waals surface area contributed by atoms with Crippen molar-refractivity contribution in [1.82, 2.24) is 15.4 Å².